The van der Waals surface area contributed by atoms with Crippen molar-refractivity contribution in [3.8, 4) is 17.2 Å². The molecule has 7 nitrogen and oxygen atoms in total. The molecule has 180 valence electrons. The molecule has 0 spiro atoms. The van der Waals surface area contributed by atoms with E-state index in [1.54, 1.807) is 51.2 Å². The van der Waals surface area contributed by atoms with E-state index in [1.807, 2.05) is 18.2 Å². The maximum absolute atomic E-state index is 13.1. The molecule has 0 atom stereocenters. The van der Waals surface area contributed by atoms with Crippen molar-refractivity contribution in [2.24, 2.45) is 0 Å². The molecule has 3 aromatic rings. The smallest absolute Gasteiger partial charge is 0.264 e. The predicted molar refractivity (Wildman–Crippen MR) is 132 cm³/mol. The summed E-state index contributed by atoms with van der Waals surface area (Å²) in [6.45, 7) is 4.87. The molecule has 1 amide bonds. The highest BCUT2D eigenvalue weighted by Crippen LogP contribution is 2.34. The van der Waals surface area contributed by atoms with Gasteiger partial charge in [-0.05, 0) is 97.2 Å². The van der Waals surface area contributed by atoms with Crippen molar-refractivity contribution in [3.05, 3.63) is 82.2 Å². The van der Waals surface area contributed by atoms with Crippen molar-refractivity contribution in [2.75, 3.05) is 0 Å². The molecule has 0 saturated heterocycles. The Morgan fingerprint density at radius 3 is 2.63 bits per heavy atom. The van der Waals surface area contributed by atoms with E-state index >= 15 is 0 Å². The highest BCUT2D eigenvalue weighted by molar-refractivity contribution is 7.90. The number of rotatable bonds is 6. The van der Waals surface area contributed by atoms with Gasteiger partial charge in [-0.25, -0.2) is 18.1 Å². The number of nitriles is 1. The van der Waals surface area contributed by atoms with Crippen LogP contribution in [0.5, 0.6) is 0 Å². The van der Waals surface area contributed by atoms with Gasteiger partial charge < -0.3 is 5.11 Å². The number of hydrogen-bond donors (Lipinski definition) is 2. The Bertz CT molecular complexity index is 1460. The SMILES string of the molecule is Cc1cc(C(C)(C)O)ccc1S(=O)(=O)NC(=O)Cc1c(-c2ccnc(C#N)c2)ccc2c1CCC2. The van der Waals surface area contributed by atoms with Gasteiger partial charge in [-0.2, -0.15) is 5.26 Å². The van der Waals surface area contributed by atoms with Crippen molar-refractivity contribution in [2.45, 2.75) is 57.0 Å². The number of carbonyl (C=O) groups is 1. The number of nitrogens with one attached hydrogen (secondary N) is 1. The van der Waals surface area contributed by atoms with Crippen molar-refractivity contribution in [1.29, 1.82) is 5.26 Å². The minimum Gasteiger partial charge on any atom is -0.386 e. The van der Waals surface area contributed by atoms with Crippen LogP contribution in [0.3, 0.4) is 0 Å². The summed E-state index contributed by atoms with van der Waals surface area (Å²) in [4.78, 5) is 17.1. The lowest BCUT2D eigenvalue weighted by Crippen LogP contribution is -2.32. The largest absolute Gasteiger partial charge is 0.386 e. The van der Waals surface area contributed by atoms with Crippen LogP contribution in [-0.2, 0) is 39.7 Å². The zero-order chi connectivity index (χ0) is 25.4. The predicted octanol–water partition coefficient (Wildman–Crippen LogP) is 3.69. The van der Waals surface area contributed by atoms with Gasteiger partial charge in [0, 0.05) is 6.20 Å². The average Bonchev–Trinajstić information content (AvgIpc) is 3.27. The van der Waals surface area contributed by atoms with Gasteiger partial charge in [0.05, 0.1) is 16.9 Å². The summed E-state index contributed by atoms with van der Waals surface area (Å²) < 4.78 is 28.3. The minimum absolute atomic E-state index is 0.00911. The second-order valence-electron chi connectivity index (χ2n) is 9.37. The van der Waals surface area contributed by atoms with E-state index in [9.17, 15) is 23.6 Å². The Labute approximate surface area is 205 Å². The lowest BCUT2D eigenvalue weighted by atomic mass is 9.91. The monoisotopic (exact) mass is 489 g/mol. The molecule has 1 aliphatic rings. The van der Waals surface area contributed by atoms with Crippen LogP contribution < -0.4 is 4.72 Å². The van der Waals surface area contributed by atoms with Gasteiger partial charge in [0.15, 0.2) is 0 Å². The van der Waals surface area contributed by atoms with Crippen molar-refractivity contribution < 1.29 is 18.3 Å². The number of aliphatic hydroxyl groups is 1. The number of pyridine rings is 1. The molecule has 2 aromatic carbocycles. The molecule has 0 fully saturated rings. The molecule has 0 radical (unpaired) electrons. The molecule has 8 heteroatoms. The topological polar surface area (TPSA) is 120 Å². The fourth-order valence-corrected chi connectivity index (χ4v) is 5.82. The quantitative estimate of drug-likeness (QED) is 0.545. The molecule has 0 unspecified atom stereocenters. The summed E-state index contributed by atoms with van der Waals surface area (Å²) in [5.41, 5.74) is 4.73. The van der Waals surface area contributed by atoms with Crippen molar-refractivity contribution in [1.82, 2.24) is 9.71 Å². The molecule has 4 rings (SSSR count). The van der Waals surface area contributed by atoms with Gasteiger partial charge in [-0.3, -0.25) is 4.79 Å². The highest BCUT2D eigenvalue weighted by atomic mass is 32.2. The van der Waals surface area contributed by atoms with Gasteiger partial charge >= 0.3 is 0 Å². The number of hydrogen-bond acceptors (Lipinski definition) is 6. The fourth-order valence-electron chi connectivity index (χ4n) is 4.61. The number of nitrogens with zero attached hydrogens (tertiary/aromatic N) is 2. The maximum Gasteiger partial charge on any atom is 0.264 e. The molecule has 1 heterocycles. The summed E-state index contributed by atoms with van der Waals surface area (Å²) in [5.74, 6) is -0.632. The van der Waals surface area contributed by atoms with Gasteiger partial charge in [0.1, 0.15) is 11.8 Å². The van der Waals surface area contributed by atoms with Crippen LogP contribution in [0.15, 0.2) is 53.6 Å². The second-order valence-corrected chi connectivity index (χ2v) is 11.0. The van der Waals surface area contributed by atoms with Crippen molar-refractivity contribution >= 4 is 15.9 Å². The molecule has 1 aliphatic carbocycles. The maximum atomic E-state index is 13.1. The number of aryl methyl sites for hydroxylation is 2. The molecular formula is C27H27N3O4S. The second kappa shape index (κ2) is 9.25. The first-order valence-corrected chi connectivity index (χ1v) is 12.9. The Balaban J connectivity index is 1.65. The normalized spacial score (nSPS) is 13.2. The third-order valence-electron chi connectivity index (χ3n) is 6.34. The average molecular weight is 490 g/mol. The first-order valence-electron chi connectivity index (χ1n) is 11.4. The molecule has 35 heavy (non-hydrogen) atoms. The van der Waals surface area contributed by atoms with E-state index in [0.717, 1.165) is 47.1 Å². The Morgan fingerprint density at radius 2 is 1.94 bits per heavy atom. The lowest BCUT2D eigenvalue weighted by Gasteiger charge is -2.19. The first-order chi connectivity index (χ1) is 16.5. The number of aromatic nitrogens is 1. The summed E-state index contributed by atoms with van der Waals surface area (Å²) in [5, 5.41) is 19.4. The standard InChI is InChI=1S/C27H27N3O4S/c1-17-13-20(27(2,3)32)8-10-25(17)35(33,34)30-26(31)15-24-22-6-4-5-18(22)7-9-23(24)19-11-12-29-21(14-19)16-28/h7-14,32H,4-6,15H2,1-3H3,(H,30,31). The van der Waals surface area contributed by atoms with Crippen LogP contribution in [0.2, 0.25) is 0 Å². The third kappa shape index (κ3) is 5.11. The lowest BCUT2D eigenvalue weighted by molar-refractivity contribution is -0.118. The van der Waals surface area contributed by atoms with E-state index < -0.39 is 21.5 Å². The van der Waals surface area contributed by atoms with Crippen LogP contribution in [0.1, 0.15) is 53.8 Å². The van der Waals surface area contributed by atoms with E-state index in [0.29, 0.717) is 11.1 Å². The zero-order valence-corrected chi connectivity index (χ0v) is 20.7. The summed E-state index contributed by atoms with van der Waals surface area (Å²) in [7, 11) is -4.11. The summed E-state index contributed by atoms with van der Waals surface area (Å²) in [6, 6.07) is 14.0. The molecule has 0 aliphatic heterocycles. The van der Waals surface area contributed by atoms with Gasteiger partial charge in [-0.1, -0.05) is 24.3 Å². The van der Waals surface area contributed by atoms with E-state index in [2.05, 4.69) is 9.71 Å². The first kappa shape index (κ1) is 24.6. The Morgan fingerprint density at radius 1 is 1.17 bits per heavy atom. The Kier molecular flexibility index (Phi) is 6.50. The molecule has 1 aromatic heterocycles. The molecule has 0 saturated carbocycles. The third-order valence-corrected chi connectivity index (χ3v) is 7.88. The zero-order valence-electron chi connectivity index (χ0n) is 19.9. The number of fused-ring (bicyclic) bond motifs is 1. The van der Waals surface area contributed by atoms with Crippen LogP contribution in [0.25, 0.3) is 11.1 Å². The number of amides is 1. The molecular weight excluding hydrogens is 462 g/mol. The summed E-state index contributed by atoms with van der Waals surface area (Å²) >= 11 is 0. The minimum atomic E-state index is -4.11. The van der Waals surface area contributed by atoms with E-state index in [1.165, 1.54) is 6.07 Å². The van der Waals surface area contributed by atoms with Gasteiger partial charge in [-0.15, -0.1) is 0 Å². The van der Waals surface area contributed by atoms with E-state index in [-0.39, 0.29) is 17.0 Å². The molecule has 0 bridgehead atoms. The fraction of sp³-hybridized carbons (Fsp3) is 0.296. The van der Waals surface area contributed by atoms with Crippen LogP contribution in [-0.4, -0.2) is 24.4 Å². The molecule has 2 N–H and O–H groups in total. The van der Waals surface area contributed by atoms with Crippen LogP contribution in [0.4, 0.5) is 0 Å². The Hall–Kier alpha value is -3.54. The number of sulfonamides is 1. The van der Waals surface area contributed by atoms with Crippen LogP contribution in [0, 0.1) is 18.3 Å². The van der Waals surface area contributed by atoms with Gasteiger partial charge in [0.2, 0.25) is 5.91 Å². The van der Waals surface area contributed by atoms with Gasteiger partial charge in [0.25, 0.3) is 10.0 Å². The van der Waals surface area contributed by atoms with Crippen molar-refractivity contribution in [3.63, 3.8) is 0 Å². The van der Waals surface area contributed by atoms with E-state index in [4.69, 9.17) is 0 Å². The summed E-state index contributed by atoms with van der Waals surface area (Å²) in [6.07, 6.45) is 4.14. The van der Waals surface area contributed by atoms with Crippen LogP contribution >= 0.6 is 0 Å². The number of benzene rings is 2. The number of carbonyl (C=O) groups excluding carboxylic acids is 1. The highest BCUT2D eigenvalue weighted by Gasteiger charge is 2.25.